The third-order valence-electron chi connectivity index (χ3n) is 3.29. The third kappa shape index (κ3) is 5.72. The van der Waals surface area contributed by atoms with E-state index in [1.54, 1.807) is 19.2 Å². The Labute approximate surface area is 140 Å². The molecule has 1 amide bonds. The maximum Gasteiger partial charge on any atom is 0.259 e. The lowest BCUT2D eigenvalue weighted by Gasteiger charge is -2.06. The molecule has 0 heterocycles. The molecule has 0 fully saturated rings. The number of halogens is 1. The molecular weight excluding hydrogens is 309 g/mol. The molecule has 0 saturated heterocycles. The smallest absolute Gasteiger partial charge is 0.259 e. The molecule has 0 unspecified atom stereocenters. The Kier molecular flexibility index (Phi) is 6.31. The normalized spacial score (nSPS) is 11.0. The van der Waals surface area contributed by atoms with Crippen molar-refractivity contribution in [3.63, 3.8) is 0 Å². The van der Waals surface area contributed by atoms with Gasteiger partial charge in [0.05, 0.1) is 13.7 Å². The molecule has 0 saturated carbocycles. The van der Waals surface area contributed by atoms with Gasteiger partial charge in [0.2, 0.25) is 0 Å². The van der Waals surface area contributed by atoms with Crippen molar-refractivity contribution in [1.29, 1.82) is 0 Å². The summed E-state index contributed by atoms with van der Waals surface area (Å²) in [7, 11) is 1.62. The Morgan fingerprint density at radius 1 is 1.12 bits per heavy atom. The van der Waals surface area contributed by atoms with Crippen molar-refractivity contribution in [3.05, 3.63) is 59.9 Å². The van der Waals surface area contributed by atoms with Crippen LogP contribution in [0.3, 0.4) is 0 Å². The fraction of sp³-hybridized carbons (Fsp3) is 0.222. The second-order valence-corrected chi connectivity index (χ2v) is 5.27. The van der Waals surface area contributed by atoms with E-state index in [2.05, 4.69) is 15.8 Å². The number of hydrazone groups is 1. The van der Waals surface area contributed by atoms with Crippen molar-refractivity contribution >= 4 is 17.3 Å². The van der Waals surface area contributed by atoms with E-state index in [-0.39, 0.29) is 18.3 Å². The first-order valence-electron chi connectivity index (χ1n) is 7.51. The summed E-state index contributed by atoms with van der Waals surface area (Å²) in [6.07, 6.45) is 0.635. The first-order valence-corrected chi connectivity index (χ1v) is 7.51. The van der Waals surface area contributed by atoms with Gasteiger partial charge in [-0.1, -0.05) is 12.1 Å². The number of hydrogen-bond donors (Lipinski definition) is 2. The molecule has 0 spiro atoms. The largest absolute Gasteiger partial charge is 0.497 e. The number of methoxy groups -OCH3 is 1. The summed E-state index contributed by atoms with van der Waals surface area (Å²) >= 11 is 0. The average Bonchev–Trinajstić information content (AvgIpc) is 2.60. The highest BCUT2D eigenvalue weighted by atomic mass is 19.1. The number of rotatable bonds is 7. The molecule has 0 aromatic heterocycles. The predicted molar refractivity (Wildman–Crippen MR) is 92.8 cm³/mol. The number of ether oxygens (including phenoxy) is 1. The summed E-state index contributed by atoms with van der Waals surface area (Å²) in [5.74, 6) is 0.214. The number of anilines is 1. The maximum absolute atomic E-state index is 12.8. The van der Waals surface area contributed by atoms with Crippen LogP contribution in [0, 0.1) is 5.82 Å². The van der Waals surface area contributed by atoms with Gasteiger partial charge in [0.15, 0.2) is 0 Å². The van der Waals surface area contributed by atoms with Crippen LogP contribution in [0.15, 0.2) is 53.6 Å². The molecule has 0 aliphatic heterocycles. The molecule has 2 N–H and O–H groups in total. The Bertz CT molecular complexity index is 697. The van der Waals surface area contributed by atoms with Crippen LogP contribution in [0.5, 0.6) is 5.75 Å². The Morgan fingerprint density at radius 3 is 2.42 bits per heavy atom. The summed E-state index contributed by atoms with van der Waals surface area (Å²) in [5.41, 5.74) is 5.03. The zero-order valence-electron chi connectivity index (χ0n) is 13.7. The molecule has 126 valence electrons. The monoisotopic (exact) mass is 329 g/mol. The second-order valence-electron chi connectivity index (χ2n) is 5.27. The van der Waals surface area contributed by atoms with Gasteiger partial charge in [0.25, 0.3) is 5.91 Å². The minimum absolute atomic E-state index is 0.0605. The van der Waals surface area contributed by atoms with Crippen LogP contribution in [0.2, 0.25) is 0 Å². The first kappa shape index (κ1) is 17.5. The number of carbonyl (C=O) groups excluding carboxylic acids is 1. The summed E-state index contributed by atoms with van der Waals surface area (Å²) < 4.78 is 17.9. The zero-order chi connectivity index (χ0) is 17.4. The van der Waals surface area contributed by atoms with E-state index in [0.717, 1.165) is 17.0 Å². The SMILES string of the molecule is COc1ccc(CC(C)=NNC(=O)CNc2ccc(F)cc2)cc1. The fourth-order valence-electron chi connectivity index (χ4n) is 2.03. The van der Waals surface area contributed by atoms with Crippen LogP contribution in [0.4, 0.5) is 10.1 Å². The van der Waals surface area contributed by atoms with Crippen molar-refractivity contribution in [2.75, 3.05) is 19.0 Å². The van der Waals surface area contributed by atoms with Crippen LogP contribution >= 0.6 is 0 Å². The lowest BCUT2D eigenvalue weighted by Crippen LogP contribution is -2.26. The molecule has 2 aromatic carbocycles. The summed E-state index contributed by atoms with van der Waals surface area (Å²) in [5, 5.41) is 6.97. The quantitative estimate of drug-likeness (QED) is 0.606. The van der Waals surface area contributed by atoms with Crippen LogP contribution in [0.25, 0.3) is 0 Å². The number of nitrogens with zero attached hydrogens (tertiary/aromatic N) is 1. The molecule has 6 heteroatoms. The molecule has 24 heavy (non-hydrogen) atoms. The second kappa shape index (κ2) is 8.67. The van der Waals surface area contributed by atoms with E-state index in [1.807, 2.05) is 31.2 Å². The lowest BCUT2D eigenvalue weighted by atomic mass is 10.1. The van der Waals surface area contributed by atoms with Crippen LogP contribution in [-0.2, 0) is 11.2 Å². The highest BCUT2D eigenvalue weighted by Crippen LogP contribution is 2.12. The topological polar surface area (TPSA) is 62.7 Å². The standard InChI is InChI=1S/C18H20FN3O2/c1-13(11-14-3-9-17(24-2)10-4-14)21-22-18(23)12-20-16-7-5-15(19)6-8-16/h3-10,20H,11-12H2,1-2H3,(H,22,23). The van der Waals surface area contributed by atoms with Crippen LogP contribution in [-0.4, -0.2) is 25.3 Å². The first-order chi connectivity index (χ1) is 11.6. The molecule has 5 nitrogen and oxygen atoms in total. The highest BCUT2D eigenvalue weighted by molar-refractivity contribution is 5.87. The number of amides is 1. The molecule has 2 aromatic rings. The van der Waals surface area contributed by atoms with Gasteiger partial charge in [0, 0.05) is 17.8 Å². The number of carbonyl (C=O) groups is 1. The molecule has 2 rings (SSSR count). The molecule has 0 bridgehead atoms. The Hall–Kier alpha value is -2.89. The van der Waals surface area contributed by atoms with Gasteiger partial charge in [-0.05, 0) is 48.9 Å². The number of hydrogen-bond acceptors (Lipinski definition) is 4. The van der Waals surface area contributed by atoms with E-state index in [4.69, 9.17) is 4.74 Å². The van der Waals surface area contributed by atoms with E-state index in [0.29, 0.717) is 12.1 Å². The predicted octanol–water partition coefficient (Wildman–Crippen LogP) is 2.98. The van der Waals surface area contributed by atoms with Gasteiger partial charge >= 0.3 is 0 Å². The lowest BCUT2D eigenvalue weighted by molar-refractivity contribution is -0.119. The summed E-state index contributed by atoms with van der Waals surface area (Å²) in [6.45, 7) is 1.91. The molecule has 0 atom stereocenters. The van der Waals surface area contributed by atoms with Gasteiger partial charge in [-0.2, -0.15) is 5.10 Å². The minimum atomic E-state index is -0.316. The van der Waals surface area contributed by atoms with E-state index in [1.165, 1.54) is 12.1 Å². The van der Waals surface area contributed by atoms with Crippen LogP contribution in [0.1, 0.15) is 12.5 Å². The molecular formula is C18H20FN3O2. The molecule has 0 radical (unpaired) electrons. The van der Waals surface area contributed by atoms with E-state index in [9.17, 15) is 9.18 Å². The summed E-state index contributed by atoms with van der Waals surface area (Å²) in [4.78, 5) is 11.8. The van der Waals surface area contributed by atoms with Gasteiger partial charge < -0.3 is 10.1 Å². The van der Waals surface area contributed by atoms with Crippen molar-refractivity contribution in [2.45, 2.75) is 13.3 Å². The third-order valence-corrected chi connectivity index (χ3v) is 3.29. The zero-order valence-corrected chi connectivity index (χ0v) is 13.7. The number of benzene rings is 2. The Morgan fingerprint density at radius 2 is 1.79 bits per heavy atom. The van der Waals surface area contributed by atoms with Crippen molar-refractivity contribution in [2.24, 2.45) is 5.10 Å². The summed E-state index contributed by atoms with van der Waals surface area (Å²) in [6, 6.07) is 13.5. The van der Waals surface area contributed by atoms with E-state index < -0.39 is 0 Å². The van der Waals surface area contributed by atoms with Crippen molar-refractivity contribution < 1.29 is 13.9 Å². The van der Waals surface area contributed by atoms with Gasteiger partial charge in [-0.25, -0.2) is 9.82 Å². The van der Waals surface area contributed by atoms with Crippen LogP contribution < -0.4 is 15.5 Å². The minimum Gasteiger partial charge on any atom is -0.497 e. The number of nitrogens with one attached hydrogen (secondary N) is 2. The van der Waals surface area contributed by atoms with Crippen molar-refractivity contribution in [3.8, 4) is 5.75 Å². The van der Waals surface area contributed by atoms with E-state index >= 15 is 0 Å². The molecule has 0 aliphatic carbocycles. The average molecular weight is 329 g/mol. The highest BCUT2D eigenvalue weighted by Gasteiger charge is 2.02. The molecule has 0 aliphatic rings. The van der Waals surface area contributed by atoms with Gasteiger partial charge in [-0.15, -0.1) is 0 Å². The fourth-order valence-corrected chi connectivity index (χ4v) is 2.03. The van der Waals surface area contributed by atoms with Gasteiger partial charge in [0.1, 0.15) is 11.6 Å². The maximum atomic E-state index is 12.8. The Balaban J connectivity index is 1.78. The van der Waals surface area contributed by atoms with Crippen molar-refractivity contribution in [1.82, 2.24) is 5.43 Å². The van der Waals surface area contributed by atoms with Gasteiger partial charge in [-0.3, -0.25) is 4.79 Å².